The summed E-state index contributed by atoms with van der Waals surface area (Å²) in [6.45, 7) is 6.67. The zero-order chi connectivity index (χ0) is 13.6. The lowest BCUT2D eigenvalue weighted by atomic mass is 10.0. The Labute approximate surface area is 114 Å². The van der Waals surface area contributed by atoms with E-state index in [9.17, 15) is 4.79 Å². The highest BCUT2D eigenvalue weighted by Crippen LogP contribution is 2.23. The van der Waals surface area contributed by atoms with E-state index in [1.54, 1.807) is 11.8 Å². The van der Waals surface area contributed by atoms with Gasteiger partial charge in [0.25, 0.3) is 0 Å². The molecule has 18 heavy (non-hydrogen) atoms. The number of carbonyl (C=O) groups is 1. The number of aliphatic hydroxyl groups is 1. The van der Waals surface area contributed by atoms with E-state index in [2.05, 4.69) is 0 Å². The number of hydrogen-bond acceptors (Lipinski definition) is 4. The average Bonchev–Trinajstić information content (AvgIpc) is 2.27. The molecule has 1 N–H and O–H groups in total. The minimum absolute atomic E-state index is 0.197. The van der Waals surface area contributed by atoms with Crippen molar-refractivity contribution in [3.63, 3.8) is 0 Å². The number of piperidine rings is 1. The van der Waals surface area contributed by atoms with E-state index in [1.165, 1.54) is 6.42 Å². The molecule has 0 aromatic heterocycles. The van der Waals surface area contributed by atoms with Gasteiger partial charge >= 0.3 is 6.09 Å². The van der Waals surface area contributed by atoms with Gasteiger partial charge in [-0.3, -0.25) is 0 Å². The van der Waals surface area contributed by atoms with Crippen molar-refractivity contribution >= 4 is 17.9 Å². The van der Waals surface area contributed by atoms with Crippen molar-refractivity contribution < 1.29 is 14.6 Å². The standard InChI is InChI=1S/C13H25NO3S/c1-13(2,3)17-12(16)14-7-5-4-6-11(14)10-18-9-8-15/h11,15H,4-10H2,1-3H3/t11-/m1/s1. The van der Waals surface area contributed by atoms with Crippen LogP contribution in [0.4, 0.5) is 4.79 Å². The zero-order valence-electron chi connectivity index (χ0n) is 11.6. The molecule has 0 spiro atoms. The Kier molecular flexibility index (Phi) is 6.29. The molecule has 0 aliphatic carbocycles. The topological polar surface area (TPSA) is 49.8 Å². The molecule has 0 radical (unpaired) electrons. The van der Waals surface area contributed by atoms with Crippen LogP contribution in [0.5, 0.6) is 0 Å². The number of rotatable bonds is 4. The quantitative estimate of drug-likeness (QED) is 0.801. The molecule has 1 aliphatic rings. The summed E-state index contributed by atoms with van der Waals surface area (Å²) in [5, 5.41) is 8.80. The molecule has 0 bridgehead atoms. The lowest BCUT2D eigenvalue weighted by Crippen LogP contribution is -2.47. The zero-order valence-corrected chi connectivity index (χ0v) is 12.5. The van der Waals surface area contributed by atoms with Crippen molar-refractivity contribution in [2.45, 2.75) is 51.7 Å². The molecular formula is C13H25NO3S. The van der Waals surface area contributed by atoms with E-state index in [-0.39, 0.29) is 18.7 Å². The Balaban J connectivity index is 2.50. The van der Waals surface area contributed by atoms with Gasteiger partial charge in [-0.05, 0) is 40.0 Å². The molecule has 1 saturated heterocycles. The number of amides is 1. The van der Waals surface area contributed by atoms with Gasteiger partial charge in [0.15, 0.2) is 0 Å². The van der Waals surface area contributed by atoms with Crippen LogP contribution < -0.4 is 0 Å². The minimum atomic E-state index is -0.433. The summed E-state index contributed by atoms with van der Waals surface area (Å²) < 4.78 is 5.44. The first-order valence-corrected chi connectivity index (χ1v) is 7.78. The third-order valence-electron chi connectivity index (χ3n) is 2.80. The van der Waals surface area contributed by atoms with E-state index in [4.69, 9.17) is 9.84 Å². The second-order valence-electron chi connectivity index (χ2n) is 5.62. The van der Waals surface area contributed by atoms with Crippen molar-refractivity contribution in [2.75, 3.05) is 24.7 Å². The molecule has 1 heterocycles. The maximum atomic E-state index is 12.1. The SMILES string of the molecule is CC(C)(C)OC(=O)N1CCCC[C@@H]1CSCCO. The summed E-state index contributed by atoms with van der Waals surface area (Å²) >= 11 is 1.70. The summed E-state index contributed by atoms with van der Waals surface area (Å²) in [5.74, 6) is 1.62. The van der Waals surface area contributed by atoms with Crippen LogP contribution in [0, 0.1) is 0 Å². The van der Waals surface area contributed by atoms with E-state index in [1.807, 2.05) is 25.7 Å². The van der Waals surface area contributed by atoms with Gasteiger partial charge in [-0.25, -0.2) is 4.79 Å². The van der Waals surface area contributed by atoms with Crippen molar-refractivity contribution in [1.29, 1.82) is 0 Å². The van der Waals surface area contributed by atoms with Crippen LogP contribution in [-0.4, -0.2) is 52.4 Å². The molecule has 5 heteroatoms. The van der Waals surface area contributed by atoms with Crippen molar-refractivity contribution in [3.05, 3.63) is 0 Å². The Bertz CT molecular complexity index is 265. The Hall–Kier alpha value is -0.420. The molecule has 1 atom stereocenters. The lowest BCUT2D eigenvalue weighted by Gasteiger charge is -2.36. The third-order valence-corrected chi connectivity index (χ3v) is 3.89. The molecule has 0 saturated carbocycles. The van der Waals surface area contributed by atoms with Gasteiger partial charge in [0.05, 0.1) is 6.61 Å². The van der Waals surface area contributed by atoms with E-state index < -0.39 is 5.60 Å². The molecular weight excluding hydrogens is 250 g/mol. The predicted octanol–water partition coefficient (Wildman–Crippen LogP) is 2.50. The molecule has 4 nitrogen and oxygen atoms in total. The number of thioether (sulfide) groups is 1. The van der Waals surface area contributed by atoms with Crippen molar-refractivity contribution in [1.82, 2.24) is 4.90 Å². The highest BCUT2D eigenvalue weighted by molar-refractivity contribution is 7.99. The van der Waals surface area contributed by atoms with E-state index in [0.29, 0.717) is 0 Å². The Morgan fingerprint density at radius 1 is 1.44 bits per heavy atom. The number of likely N-dealkylation sites (tertiary alicyclic amines) is 1. The van der Waals surface area contributed by atoms with Crippen LogP contribution in [0.1, 0.15) is 40.0 Å². The predicted molar refractivity (Wildman–Crippen MR) is 75.0 cm³/mol. The summed E-state index contributed by atoms with van der Waals surface area (Å²) in [6, 6.07) is 0.255. The number of ether oxygens (including phenoxy) is 1. The number of aliphatic hydroxyl groups excluding tert-OH is 1. The first kappa shape index (κ1) is 15.6. The van der Waals surface area contributed by atoms with Gasteiger partial charge in [0.1, 0.15) is 5.60 Å². The molecule has 1 aliphatic heterocycles. The van der Waals surface area contributed by atoms with E-state index in [0.717, 1.165) is 30.9 Å². The summed E-state index contributed by atoms with van der Waals surface area (Å²) in [7, 11) is 0. The van der Waals surface area contributed by atoms with Gasteiger partial charge in [0.2, 0.25) is 0 Å². The van der Waals surface area contributed by atoms with Crippen LogP contribution in [0.3, 0.4) is 0 Å². The highest BCUT2D eigenvalue weighted by atomic mass is 32.2. The second kappa shape index (κ2) is 7.24. The van der Waals surface area contributed by atoms with Crippen LogP contribution in [0.2, 0.25) is 0 Å². The van der Waals surface area contributed by atoms with E-state index >= 15 is 0 Å². The summed E-state index contributed by atoms with van der Waals surface area (Å²) in [6.07, 6.45) is 3.07. The number of nitrogens with zero attached hydrogens (tertiary/aromatic N) is 1. The van der Waals surface area contributed by atoms with Crippen molar-refractivity contribution in [2.24, 2.45) is 0 Å². The smallest absolute Gasteiger partial charge is 0.410 e. The fourth-order valence-electron chi connectivity index (χ4n) is 2.02. The Morgan fingerprint density at radius 2 is 2.17 bits per heavy atom. The molecule has 1 rings (SSSR count). The highest BCUT2D eigenvalue weighted by Gasteiger charge is 2.30. The monoisotopic (exact) mass is 275 g/mol. The van der Waals surface area contributed by atoms with Gasteiger partial charge in [0, 0.05) is 24.1 Å². The van der Waals surface area contributed by atoms with Crippen LogP contribution in [0.15, 0.2) is 0 Å². The minimum Gasteiger partial charge on any atom is -0.444 e. The van der Waals surface area contributed by atoms with Crippen LogP contribution >= 0.6 is 11.8 Å². The first-order chi connectivity index (χ1) is 8.44. The first-order valence-electron chi connectivity index (χ1n) is 6.62. The number of hydrogen-bond donors (Lipinski definition) is 1. The largest absolute Gasteiger partial charge is 0.444 e. The van der Waals surface area contributed by atoms with Gasteiger partial charge < -0.3 is 14.7 Å². The molecule has 1 amide bonds. The molecule has 106 valence electrons. The molecule has 0 aromatic carbocycles. The maximum absolute atomic E-state index is 12.1. The van der Waals surface area contributed by atoms with Crippen molar-refractivity contribution in [3.8, 4) is 0 Å². The fourth-order valence-corrected chi connectivity index (χ4v) is 2.93. The van der Waals surface area contributed by atoms with Gasteiger partial charge in [-0.1, -0.05) is 0 Å². The fraction of sp³-hybridized carbons (Fsp3) is 0.923. The Morgan fingerprint density at radius 3 is 2.78 bits per heavy atom. The van der Waals surface area contributed by atoms with Gasteiger partial charge in [-0.15, -0.1) is 0 Å². The maximum Gasteiger partial charge on any atom is 0.410 e. The lowest BCUT2D eigenvalue weighted by molar-refractivity contribution is 0.0126. The van der Waals surface area contributed by atoms with Crippen LogP contribution in [-0.2, 0) is 4.74 Å². The van der Waals surface area contributed by atoms with Gasteiger partial charge in [-0.2, -0.15) is 11.8 Å². The number of carbonyl (C=O) groups excluding carboxylic acids is 1. The normalized spacial score (nSPS) is 20.9. The average molecular weight is 275 g/mol. The summed E-state index contributed by atoms with van der Waals surface area (Å²) in [5.41, 5.74) is -0.433. The molecule has 0 aromatic rings. The molecule has 0 unspecified atom stereocenters. The molecule has 1 fully saturated rings. The van der Waals surface area contributed by atoms with Crippen LogP contribution in [0.25, 0.3) is 0 Å². The second-order valence-corrected chi connectivity index (χ2v) is 6.77. The summed E-state index contributed by atoms with van der Waals surface area (Å²) in [4.78, 5) is 14.0. The third kappa shape index (κ3) is 5.48.